The summed E-state index contributed by atoms with van der Waals surface area (Å²) in [5, 5.41) is 4.88. The van der Waals surface area contributed by atoms with E-state index in [1.807, 2.05) is 42.5 Å². The smallest absolute Gasteiger partial charge is 0.247 e. The Morgan fingerprint density at radius 1 is 0.964 bits per heavy atom. The minimum atomic E-state index is -0.830. The third kappa shape index (κ3) is 2.42. The molecule has 2 aromatic rings. The molecule has 1 saturated heterocycles. The largest absolute Gasteiger partial charge is 0.324 e. The van der Waals surface area contributed by atoms with Crippen LogP contribution in [0, 0.1) is 23.7 Å². The number of carbonyl (C=O) groups excluding carboxylic acids is 3. The van der Waals surface area contributed by atoms with Gasteiger partial charge in [0.05, 0.1) is 11.8 Å². The Kier molecular flexibility index (Phi) is 3.86. The third-order valence-corrected chi connectivity index (χ3v) is 6.61. The van der Waals surface area contributed by atoms with Gasteiger partial charge in [-0.3, -0.25) is 19.3 Å². The van der Waals surface area contributed by atoms with Crippen molar-refractivity contribution in [3.05, 3.63) is 54.6 Å². The molecule has 1 heterocycles. The normalized spacial score (nSPS) is 29.2. The summed E-state index contributed by atoms with van der Waals surface area (Å²) in [6.45, 7) is 1.64. The predicted molar refractivity (Wildman–Crippen MR) is 106 cm³/mol. The first-order valence-corrected chi connectivity index (χ1v) is 9.90. The molecule has 2 aromatic carbocycles. The van der Waals surface area contributed by atoms with Crippen molar-refractivity contribution in [1.29, 1.82) is 0 Å². The molecule has 5 nitrogen and oxygen atoms in total. The summed E-state index contributed by atoms with van der Waals surface area (Å²) >= 11 is 0. The van der Waals surface area contributed by atoms with E-state index in [-0.39, 0.29) is 41.4 Å². The summed E-state index contributed by atoms with van der Waals surface area (Å²) in [5.74, 6) is -1.02. The van der Waals surface area contributed by atoms with Crippen LogP contribution in [0.15, 0.2) is 54.6 Å². The van der Waals surface area contributed by atoms with E-state index >= 15 is 0 Å². The van der Waals surface area contributed by atoms with E-state index in [9.17, 15) is 14.4 Å². The minimum Gasteiger partial charge on any atom is -0.324 e. The molecule has 5 atom stereocenters. The van der Waals surface area contributed by atoms with Crippen molar-refractivity contribution in [1.82, 2.24) is 4.90 Å². The number of rotatable bonds is 3. The van der Waals surface area contributed by atoms with Gasteiger partial charge in [-0.25, -0.2) is 0 Å². The lowest BCUT2D eigenvalue weighted by Crippen LogP contribution is -2.46. The molecule has 1 aliphatic heterocycles. The molecular formula is C23H22N2O3. The van der Waals surface area contributed by atoms with Gasteiger partial charge >= 0.3 is 0 Å². The molecule has 5 heteroatoms. The molecule has 1 saturated carbocycles. The van der Waals surface area contributed by atoms with E-state index < -0.39 is 6.04 Å². The molecule has 3 amide bonds. The summed E-state index contributed by atoms with van der Waals surface area (Å²) in [6.07, 6.45) is 6.08. The topological polar surface area (TPSA) is 66.5 Å². The summed E-state index contributed by atoms with van der Waals surface area (Å²) < 4.78 is 0. The molecule has 1 N–H and O–H groups in total. The number of allylic oxidation sites excluding steroid dienone is 2. The standard InChI is InChI=1S/C23H22N2O3/c1-13(21(26)24-18-8-4-6-14-5-2-3-7-17(14)18)25-22(27)19-15-9-10-16(12-11-15)20(19)23(25)28/h2-10,13,15-16,19-20H,11-12H2,1H3,(H,24,26)/t13-,15+,16+,19+,20+/m1/s1. The average molecular weight is 374 g/mol. The van der Waals surface area contributed by atoms with Crippen LogP contribution in [0.5, 0.6) is 0 Å². The van der Waals surface area contributed by atoms with Gasteiger partial charge in [0.2, 0.25) is 17.7 Å². The van der Waals surface area contributed by atoms with Crippen molar-refractivity contribution in [3.63, 3.8) is 0 Å². The van der Waals surface area contributed by atoms with Crippen molar-refractivity contribution in [2.45, 2.75) is 25.8 Å². The van der Waals surface area contributed by atoms with E-state index in [1.165, 1.54) is 4.90 Å². The Morgan fingerprint density at radius 3 is 2.21 bits per heavy atom. The molecule has 0 unspecified atom stereocenters. The lowest BCUT2D eigenvalue weighted by atomic mass is 9.63. The fourth-order valence-corrected chi connectivity index (χ4v) is 5.17. The second kappa shape index (κ2) is 6.30. The lowest BCUT2D eigenvalue weighted by Gasteiger charge is -2.38. The fourth-order valence-electron chi connectivity index (χ4n) is 5.17. The quantitative estimate of drug-likeness (QED) is 0.662. The molecule has 4 aliphatic rings. The Labute approximate surface area is 163 Å². The fraction of sp³-hybridized carbons (Fsp3) is 0.348. The molecule has 2 bridgehead atoms. The highest BCUT2D eigenvalue weighted by Crippen LogP contribution is 2.50. The highest BCUT2D eigenvalue weighted by atomic mass is 16.2. The van der Waals surface area contributed by atoms with Gasteiger partial charge in [0.1, 0.15) is 6.04 Å². The van der Waals surface area contributed by atoms with E-state index in [2.05, 4.69) is 17.5 Å². The molecule has 142 valence electrons. The minimum absolute atomic E-state index is 0.129. The molecule has 3 aliphatic carbocycles. The summed E-state index contributed by atoms with van der Waals surface area (Å²) in [6, 6.07) is 12.7. The van der Waals surface area contributed by atoms with Gasteiger partial charge in [-0.1, -0.05) is 48.6 Å². The van der Waals surface area contributed by atoms with E-state index in [0.29, 0.717) is 5.69 Å². The zero-order valence-corrected chi connectivity index (χ0v) is 15.7. The van der Waals surface area contributed by atoms with Gasteiger partial charge < -0.3 is 5.32 Å². The number of hydrogen-bond acceptors (Lipinski definition) is 3. The second-order valence-corrected chi connectivity index (χ2v) is 8.08. The predicted octanol–water partition coefficient (Wildman–Crippen LogP) is 3.36. The first-order valence-electron chi connectivity index (χ1n) is 9.90. The van der Waals surface area contributed by atoms with Gasteiger partial charge in [0.25, 0.3) is 0 Å². The highest BCUT2D eigenvalue weighted by molar-refractivity contribution is 6.11. The molecule has 6 rings (SSSR count). The van der Waals surface area contributed by atoms with Gasteiger partial charge in [0, 0.05) is 11.1 Å². The van der Waals surface area contributed by atoms with Crippen molar-refractivity contribution >= 4 is 34.2 Å². The second-order valence-electron chi connectivity index (χ2n) is 8.08. The molecule has 0 spiro atoms. The first-order chi connectivity index (χ1) is 13.6. The zero-order chi connectivity index (χ0) is 19.4. The van der Waals surface area contributed by atoms with Crippen LogP contribution in [0.3, 0.4) is 0 Å². The van der Waals surface area contributed by atoms with Crippen LogP contribution in [-0.2, 0) is 14.4 Å². The van der Waals surface area contributed by atoms with E-state index in [4.69, 9.17) is 0 Å². The van der Waals surface area contributed by atoms with Gasteiger partial charge in [-0.15, -0.1) is 0 Å². The third-order valence-electron chi connectivity index (χ3n) is 6.61. The Balaban J connectivity index is 1.40. The van der Waals surface area contributed by atoms with Crippen molar-refractivity contribution < 1.29 is 14.4 Å². The van der Waals surface area contributed by atoms with Crippen LogP contribution in [-0.4, -0.2) is 28.7 Å². The number of imide groups is 1. The number of carbonyl (C=O) groups is 3. The van der Waals surface area contributed by atoms with Crippen molar-refractivity contribution in [2.24, 2.45) is 23.7 Å². The summed E-state index contributed by atoms with van der Waals surface area (Å²) in [5.41, 5.74) is 0.688. The van der Waals surface area contributed by atoms with Crippen molar-refractivity contribution in [2.75, 3.05) is 5.32 Å². The SMILES string of the molecule is C[C@H](C(=O)Nc1cccc2ccccc12)N1C(=O)[C@@H]2[C@@H](C1=O)[C@H]1C=C[C@H]2CC1. The first kappa shape index (κ1) is 17.2. The summed E-state index contributed by atoms with van der Waals surface area (Å²) in [4.78, 5) is 40.2. The van der Waals surface area contributed by atoms with Gasteiger partial charge in [-0.05, 0) is 43.1 Å². The molecule has 28 heavy (non-hydrogen) atoms. The van der Waals surface area contributed by atoms with Crippen LogP contribution in [0.2, 0.25) is 0 Å². The zero-order valence-electron chi connectivity index (χ0n) is 15.7. The monoisotopic (exact) mass is 374 g/mol. The summed E-state index contributed by atoms with van der Waals surface area (Å²) in [7, 11) is 0. The van der Waals surface area contributed by atoms with E-state index in [1.54, 1.807) is 6.92 Å². The van der Waals surface area contributed by atoms with Crippen LogP contribution >= 0.6 is 0 Å². The number of nitrogens with zero attached hydrogens (tertiary/aromatic N) is 1. The number of amides is 3. The Morgan fingerprint density at radius 2 is 1.57 bits per heavy atom. The number of hydrogen-bond donors (Lipinski definition) is 1. The van der Waals surface area contributed by atoms with Crippen molar-refractivity contribution in [3.8, 4) is 0 Å². The maximum Gasteiger partial charge on any atom is 0.247 e. The lowest BCUT2D eigenvalue weighted by molar-refractivity contribution is -0.146. The number of anilines is 1. The van der Waals surface area contributed by atoms with Crippen LogP contribution in [0.4, 0.5) is 5.69 Å². The molecule has 2 fully saturated rings. The van der Waals surface area contributed by atoms with Crippen LogP contribution < -0.4 is 5.32 Å². The number of fused-ring (bicyclic) bond motifs is 2. The maximum absolute atomic E-state index is 13.0. The molecule has 0 radical (unpaired) electrons. The number of benzene rings is 2. The average Bonchev–Trinajstić information content (AvgIpc) is 3.01. The van der Waals surface area contributed by atoms with Gasteiger partial charge in [0.15, 0.2) is 0 Å². The highest BCUT2D eigenvalue weighted by Gasteiger charge is 2.58. The maximum atomic E-state index is 13.0. The van der Waals surface area contributed by atoms with Crippen LogP contribution in [0.1, 0.15) is 19.8 Å². The number of likely N-dealkylation sites (tertiary alicyclic amines) is 1. The Bertz CT molecular complexity index is 990. The van der Waals surface area contributed by atoms with Gasteiger partial charge in [-0.2, -0.15) is 0 Å². The van der Waals surface area contributed by atoms with Crippen LogP contribution in [0.25, 0.3) is 10.8 Å². The Hall–Kier alpha value is -2.95. The number of nitrogens with one attached hydrogen (secondary N) is 1. The molecule has 0 aromatic heterocycles. The van der Waals surface area contributed by atoms with E-state index in [0.717, 1.165) is 23.6 Å². The molecular weight excluding hydrogens is 352 g/mol.